The van der Waals surface area contributed by atoms with Crippen LogP contribution in [0.15, 0.2) is 12.1 Å². The van der Waals surface area contributed by atoms with Gasteiger partial charge in [-0.15, -0.1) is 0 Å². The van der Waals surface area contributed by atoms with Gasteiger partial charge in [-0.1, -0.05) is 0 Å². The second kappa shape index (κ2) is 9.05. The number of hydrogen-bond donors (Lipinski definition) is 2. The van der Waals surface area contributed by atoms with Gasteiger partial charge in [0.05, 0.1) is 26.3 Å². The van der Waals surface area contributed by atoms with Crippen LogP contribution in [0, 0.1) is 0 Å². The number of ether oxygens (including phenoxy) is 3. The van der Waals surface area contributed by atoms with Crippen LogP contribution in [0.2, 0.25) is 0 Å². The van der Waals surface area contributed by atoms with Crippen LogP contribution in [0.4, 0.5) is 11.8 Å². The molecule has 0 radical (unpaired) electrons. The van der Waals surface area contributed by atoms with Gasteiger partial charge in [0.1, 0.15) is 5.82 Å². The van der Waals surface area contributed by atoms with Crippen LogP contribution in [0.1, 0.15) is 12.8 Å². The van der Waals surface area contributed by atoms with Crippen LogP contribution in [0.25, 0.3) is 10.9 Å². The highest BCUT2D eigenvalue weighted by molar-refractivity contribution is 5.92. The number of nitrogens with one attached hydrogen (secondary N) is 2. The van der Waals surface area contributed by atoms with E-state index in [0.717, 1.165) is 42.7 Å². The topological polar surface area (TPSA) is 80.8 Å². The van der Waals surface area contributed by atoms with Gasteiger partial charge in [-0.3, -0.25) is 0 Å². The van der Waals surface area contributed by atoms with Crippen molar-refractivity contribution < 1.29 is 14.2 Å². The van der Waals surface area contributed by atoms with Crippen molar-refractivity contribution in [3.63, 3.8) is 0 Å². The Morgan fingerprint density at radius 3 is 2.44 bits per heavy atom. The summed E-state index contributed by atoms with van der Waals surface area (Å²) in [5.41, 5.74) is 0.804. The van der Waals surface area contributed by atoms with E-state index in [-0.39, 0.29) is 0 Å². The van der Waals surface area contributed by atoms with Gasteiger partial charge in [-0.05, 0) is 39.0 Å². The average molecular weight is 375 g/mol. The number of aromatic nitrogens is 2. The number of anilines is 2. The second-order valence-corrected chi connectivity index (χ2v) is 6.76. The SMILES string of the molecule is COCCNc1nc(NC2CCN(C)CC2)c2cc(OC)c(OC)cc2n1. The van der Waals surface area contributed by atoms with Crippen LogP contribution in [-0.4, -0.2) is 75.5 Å². The molecule has 0 spiro atoms. The molecule has 1 saturated heterocycles. The molecule has 0 atom stereocenters. The Bertz CT molecular complexity index is 763. The standard InChI is InChI=1S/C19H29N5O3/c1-24-8-5-13(6-9-24)21-18-14-11-16(26-3)17(27-4)12-15(14)22-19(23-18)20-7-10-25-2/h11-13H,5-10H2,1-4H3,(H2,20,21,22,23). The van der Waals surface area contributed by atoms with Crippen molar-refractivity contribution >= 4 is 22.7 Å². The summed E-state index contributed by atoms with van der Waals surface area (Å²) in [6, 6.07) is 4.21. The van der Waals surface area contributed by atoms with Gasteiger partial charge in [0.25, 0.3) is 0 Å². The van der Waals surface area contributed by atoms with E-state index in [0.29, 0.717) is 36.6 Å². The number of benzene rings is 1. The van der Waals surface area contributed by atoms with E-state index in [1.807, 2.05) is 12.1 Å². The highest BCUT2D eigenvalue weighted by Crippen LogP contribution is 2.35. The van der Waals surface area contributed by atoms with Crippen LogP contribution >= 0.6 is 0 Å². The molecule has 148 valence electrons. The van der Waals surface area contributed by atoms with Crippen molar-refractivity contribution in [3.05, 3.63) is 12.1 Å². The number of piperidine rings is 1. The lowest BCUT2D eigenvalue weighted by Crippen LogP contribution is -2.37. The lowest BCUT2D eigenvalue weighted by Gasteiger charge is -2.30. The van der Waals surface area contributed by atoms with Crippen molar-refractivity contribution in [3.8, 4) is 11.5 Å². The first-order valence-electron chi connectivity index (χ1n) is 9.26. The molecule has 0 bridgehead atoms. The van der Waals surface area contributed by atoms with E-state index >= 15 is 0 Å². The van der Waals surface area contributed by atoms with E-state index in [1.54, 1.807) is 21.3 Å². The minimum absolute atomic E-state index is 0.388. The van der Waals surface area contributed by atoms with Crippen molar-refractivity contribution in [1.29, 1.82) is 0 Å². The van der Waals surface area contributed by atoms with E-state index in [9.17, 15) is 0 Å². The normalized spacial score (nSPS) is 15.7. The molecule has 1 aliphatic heterocycles. The molecule has 0 saturated carbocycles. The Labute approximate surface area is 160 Å². The van der Waals surface area contributed by atoms with E-state index in [2.05, 4.69) is 27.6 Å². The minimum atomic E-state index is 0.388. The third kappa shape index (κ3) is 4.70. The van der Waals surface area contributed by atoms with E-state index in [4.69, 9.17) is 19.2 Å². The highest BCUT2D eigenvalue weighted by atomic mass is 16.5. The number of hydrogen-bond acceptors (Lipinski definition) is 8. The summed E-state index contributed by atoms with van der Waals surface area (Å²) in [4.78, 5) is 11.7. The van der Waals surface area contributed by atoms with Crippen molar-refractivity contribution in [2.24, 2.45) is 0 Å². The van der Waals surface area contributed by atoms with Crippen molar-refractivity contribution in [2.75, 3.05) is 65.3 Å². The number of likely N-dealkylation sites (tertiary alicyclic amines) is 1. The van der Waals surface area contributed by atoms with Gasteiger partial charge < -0.3 is 29.7 Å². The molecular formula is C19H29N5O3. The molecule has 0 amide bonds. The molecule has 1 fully saturated rings. The molecule has 1 aliphatic rings. The number of methoxy groups -OCH3 is 3. The molecule has 8 heteroatoms. The summed E-state index contributed by atoms with van der Waals surface area (Å²) in [6.45, 7) is 3.39. The summed E-state index contributed by atoms with van der Waals surface area (Å²) in [7, 11) is 7.09. The Kier molecular flexibility index (Phi) is 6.52. The zero-order chi connectivity index (χ0) is 19.2. The monoisotopic (exact) mass is 375 g/mol. The van der Waals surface area contributed by atoms with Gasteiger partial charge in [0.15, 0.2) is 11.5 Å². The van der Waals surface area contributed by atoms with Gasteiger partial charge in [-0.2, -0.15) is 4.98 Å². The molecule has 3 rings (SSSR count). The molecule has 0 unspecified atom stereocenters. The van der Waals surface area contributed by atoms with Crippen molar-refractivity contribution in [1.82, 2.24) is 14.9 Å². The zero-order valence-electron chi connectivity index (χ0n) is 16.5. The molecule has 27 heavy (non-hydrogen) atoms. The molecule has 0 aliphatic carbocycles. The zero-order valence-corrected chi connectivity index (χ0v) is 16.5. The number of fused-ring (bicyclic) bond motifs is 1. The highest BCUT2D eigenvalue weighted by Gasteiger charge is 2.19. The summed E-state index contributed by atoms with van der Waals surface area (Å²) < 4.78 is 16.0. The summed E-state index contributed by atoms with van der Waals surface area (Å²) >= 11 is 0. The van der Waals surface area contributed by atoms with E-state index < -0.39 is 0 Å². The van der Waals surface area contributed by atoms with Crippen LogP contribution in [-0.2, 0) is 4.74 Å². The quantitative estimate of drug-likeness (QED) is 0.680. The van der Waals surface area contributed by atoms with Gasteiger partial charge >= 0.3 is 0 Å². The van der Waals surface area contributed by atoms with Crippen molar-refractivity contribution in [2.45, 2.75) is 18.9 Å². The fourth-order valence-corrected chi connectivity index (χ4v) is 3.26. The third-order valence-electron chi connectivity index (χ3n) is 4.85. The maximum absolute atomic E-state index is 5.47. The lowest BCUT2D eigenvalue weighted by atomic mass is 10.1. The fourth-order valence-electron chi connectivity index (χ4n) is 3.26. The smallest absolute Gasteiger partial charge is 0.225 e. The number of nitrogens with zero attached hydrogens (tertiary/aromatic N) is 3. The van der Waals surface area contributed by atoms with Gasteiger partial charge in [0, 0.05) is 31.1 Å². The third-order valence-corrected chi connectivity index (χ3v) is 4.85. The van der Waals surface area contributed by atoms with Crippen LogP contribution in [0.5, 0.6) is 11.5 Å². The molecule has 2 heterocycles. The van der Waals surface area contributed by atoms with Gasteiger partial charge in [-0.25, -0.2) is 4.98 Å². The average Bonchev–Trinajstić information content (AvgIpc) is 2.69. The molecule has 1 aromatic heterocycles. The lowest BCUT2D eigenvalue weighted by molar-refractivity contribution is 0.210. The summed E-state index contributed by atoms with van der Waals surface area (Å²) in [5, 5.41) is 7.76. The van der Waals surface area contributed by atoms with Gasteiger partial charge in [0.2, 0.25) is 5.95 Å². The minimum Gasteiger partial charge on any atom is -0.493 e. The predicted octanol–water partition coefficient (Wildman–Crippen LogP) is 2.21. The molecular weight excluding hydrogens is 346 g/mol. The predicted molar refractivity (Wildman–Crippen MR) is 107 cm³/mol. The first-order chi connectivity index (χ1) is 13.1. The molecule has 2 N–H and O–H groups in total. The maximum atomic E-state index is 5.47. The summed E-state index contributed by atoms with van der Waals surface area (Å²) in [5.74, 6) is 2.70. The largest absolute Gasteiger partial charge is 0.493 e. The molecule has 1 aromatic carbocycles. The Morgan fingerprint density at radius 2 is 1.78 bits per heavy atom. The van der Waals surface area contributed by atoms with Crippen LogP contribution in [0.3, 0.4) is 0 Å². The molecule has 2 aromatic rings. The first kappa shape index (κ1) is 19.4. The maximum Gasteiger partial charge on any atom is 0.225 e. The summed E-state index contributed by atoms with van der Waals surface area (Å²) in [6.07, 6.45) is 2.17. The molecule has 8 nitrogen and oxygen atoms in total. The van der Waals surface area contributed by atoms with E-state index in [1.165, 1.54) is 0 Å². The fraction of sp³-hybridized carbons (Fsp3) is 0.579. The number of rotatable bonds is 8. The Balaban J connectivity index is 1.95. The first-order valence-corrected chi connectivity index (χ1v) is 9.26. The Morgan fingerprint density at radius 1 is 1.07 bits per heavy atom. The van der Waals surface area contributed by atoms with Crippen LogP contribution < -0.4 is 20.1 Å². The Hall–Kier alpha value is -2.32. The second-order valence-electron chi connectivity index (χ2n) is 6.76.